The maximum absolute atomic E-state index is 12.4. The highest BCUT2D eigenvalue weighted by Gasteiger charge is 2.34. The molecule has 0 fully saturated rings. The molecule has 0 spiro atoms. The van der Waals surface area contributed by atoms with Crippen molar-refractivity contribution in [3.8, 4) is 12.1 Å². The van der Waals surface area contributed by atoms with Crippen LogP contribution in [0.3, 0.4) is 0 Å². The molecule has 130 valence electrons. The molecule has 0 aliphatic carbocycles. The first-order valence-electron chi connectivity index (χ1n) is 8.14. The number of rotatable bonds is 2. The molecule has 1 aliphatic heterocycles. The first-order valence-corrected chi connectivity index (χ1v) is 8.14. The van der Waals surface area contributed by atoms with Crippen molar-refractivity contribution in [2.24, 2.45) is 10.9 Å². The van der Waals surface area contributed by atoms with E-state index < -0.39 is 11.8 Å². The number of hydrogen-bond donors (Lipinski definition) is 1. The summed E-state index contributed by atoms with van der Waals surface area (Å²) in [6, 6.07) is 10.0. The lowest BCUT2D eigenvalue weighted by molar-refractivity contribution is 0.0823. The Bertz CT molecular complexity index is 1040. The number of H-pyrrole nitrogens is 1. The lowest BCUT2D eigenvalue weighted by Gasteiger charge is -2.26. The lowest BCUT2D eigenvalue weighted by atomic mass is 9.76. The van der Waals surface area contributed by atoms with Crippen LogP contribution in [0.1, 0.15) is 35.8 Å². The predicted octanol–water partition coefficient (Wildman–Crippen LogP) is 2.76. The molecular formula is C19H18N6O. The van der Waals surface area contributed by atoms with Crippen LogP contribution >= 0.6 is 0 Å². The van der Waals surface area contributed by atoms with Gasteiger partial charge in [-0.15, -0.1) is 0 Å². The van der Waals surface area contributed by atoms with E-state index in [4.69, 9.17) is 0 Å². The van der Waals surface area contributed by atoms with Gasteiger partial charge >= 0.3 is 0 Å². The second-order valence-corrected chi connectivity index (χ2v) is 6.53. The summed E-state index contributed by atoms with van der Waals surface area (Å²) in [4.78, 5) is 18.2. The Hall–Kier alpha value is -3.45. The minimum Gasteiger partial charge on any atom is -0.343 e. The number of aromatic amines is 1. The Morgan fingerprint density at radius 3 is 2.62 bits per heavy atom. The number of amides is 1. The Balaban J connectivity index is 2.20. The van der Waals surface area contributed by atoms with Gasteiger partial charge in [0.1, 0.15) is 0 Å². The van der Waals surface area contributed by atoms with E-state index in [-0.39, 0.29) is 5.91 Å². The second-order valence-electron chi connectivity index (χ2n) is 6.53. The Morgan fingerprint density at radius 2 is 2.00 bits per heavy atom. The summed E-state index contributed by atoms with van der Waals surface area (Å²) >= 11 is 0. The van der Waals surface area contributed by atoms with Crippen LogP contribution in [-0.2, 0) is 0 Å². The highest BCUT2D eigenvalue weighted by molar-refractivity contribution is 6.04. The van der Waals surface area contributed by atoms with Crippen LogP contribution < -0.4 is 0 Å². The van der Waals surface area contributed by atoms with Crippen molar-refractivity contribution in [1.29, 1.82) is 10.5 Å². The van der Waals surface area contributed by atoms with E-state index in [1.54, 1.807) is 27.9 Å². The number of fused-ring (bicyclic) bond motifs is 1. The third-order valence-corrected chi connectivity index (χ3v) is 4.64. The molecule has 7 nitrogen and oxygen atoms in total. The SMILES string of the molecule is CC1=NC(C)=C(C#N)C(c2ccc3[nH]nc(C(=O)N(C)C)c3c2)C1C#N. The normalized spacial score (nSPS) is 19.7. The van der Waals surface area contributed by atoms with Crippen LogP contribution in [0.4, 0.5) is 0 Å². The Labute approximate surface area is 151 Å². The Kier molecular flexibility index (Phi) is 4.31. The molecule has 0 saturated heterocycles. The van der Waals surface area contributed by atoms with Gasteiger partial charge in [-0.3, -0.25) is 14.9 Å². The van der Waals surface area contributed by atoms with Crippen molar-refractivity contribution >= 4 is 22.5 Å². The maximum Gasteiger partial charge on any atom is 0.274 e. The van der Waals surface area contributed by atoms with Crippen molar-refractivity contribution in [2.75, 3.05) is 14.1 Å². The van der Waals surface area contributed by atoms with Gasteiger partial charge in [0.15, 0.2) is 5.69 Å². The summed E-state index contributed by atoms with van der Waals surface area (Å²) in [6.45, 7) is 3.58. The number of nitriles is 2. The molecule has 1 aromatic heterocycles. The van der Waals surface area contributed by atoms with E-state index in [2.05, 4.69) is 27.3 Å². The number of nitrogens with zero attached hydrogens (tertiary/aromatic N) is 5. The third-order valence-electron chi connectivity index (χ3n) is 4.64. The molecule has 0 saturated carbocycles. The maximum atomic E-state index is 12.4. The monoisotopic (exact) mass is 346 g/mol. The minimum atomic E-state index is -0.522. The van der Waals surface area contributed by atoms with Gasteiger partial charge in [-0.25, -0.2) is 0 Å². The standard InChI is InChI=1S/C19H18N6O/c1-10-14(8-20)17(15(9-21)11(2)22-10)12-5-6-16-13(7-12)18(24-23-16)19(26)25(3)4/h5-7,14,17H,1-4H3,(H,23,24). The molecular weight excluding hydrogens is 328 g/mol. The molecule has 0 bridgehead atoms. The van der Waals surface area contributed by atoms with Crippen molar-refractivity contribution in [3.05, 3.63) is 40.7 Å². The van der Waals surface area contributed by atoms with Crippen molar-refractivity contribution < 1.29 is 4.79 Å². The molecule has 7 heteroatoms. The number of aromatic nitrogens is 2. The van der Waals surface area contributed by atoms with Gasteiger partial charge in [-0.05, 0) is 31.5 Å². The van der Waals surface area contributed by atoms with E-state index in [1.165, 1.54) is 4.90 Å². The molecule has 26 heavy (non-hydrogen) atoms. The van der Waals surface area contributed by atoms with Gasteiger partial charge in [0.25, 0.3) is 5.91 Å². The van der Waals surface area contributed by atoms with Gasteiger partial charge in [0, 0.05) is 31.1 Å². The van der Waals surface area contributed by atoms with Crippen molar-refractivity contribution in [3.63, 3.8) is 0 Å². The summed E-state index contributed by atoms with van der Waals surface area (Å²) in [7, 11) is 3.33. The van der Waals surface area contributed by atoms with Gasteiger partial charge < -0.3 is 4.90 Å². The number of allylic oxidation sites excluding steroid dienone is 2. The van der Waals surface area contributed by atoms with E-state index >= 15 is 0 Å². The number of benzene rings is 1. The number of aliphatic imine (C=N–C) groups is 1. The van der Waals surface area contributed by atoms with Gasteiger partial charge in [0.05, 0.1) is 34.8 Å². The molecule has 1 aromatic carbocycles. The van der Waals surface area contributed by atoms with Crippen molar-refractivity contribution in [1.82, 2.24) is 15.1 Å². The average molecular weight is 346 g/mol. The summed E-state index contributed by atoms with van der Waals surface area (Å²) in [5.41, 5.74) is 3.63. The predicted molar refractivity (Wildman–Crippen MR) is 97.4 cm³/mol. The first-order chi connectivity index (χ1) is 12.4. The fraction of sp³-hybridized carbons (Fsp3) is 0.316. The fourth-order valence-electron chi connectivity index (χ4n) is 3.30. The van der Waals surface area contributed by atoms with E-state index in [9.17, 15) is 15.3 Å². The summed E-state index contributed by atoms with van der Waals surface area (Å²) in [6.07, 6.45) is 0. The quantitative estimate of drug-likeness (QED) is 0.901. The number of carbonyl (C=O) groups is 1. The number of carbonyl (C=O) groups excluding carboxylic acids is 1. The van der Waals surface area contributed by atoms with E-state index in [1.807, 2.05) is 18.2 Å². The molecule has 2 aromatic rings. The lowest BCUT2D eigenvalue weighted by Crippen LogP contribution is -2.25. The Morgan fingerprint density at radius 1 is 1.27 bits per heavy atom. The third kappa shape index (κ3) is 2.64. The molecule has 1 N–H and O–H groups in total. The molecule has 2 atom stereocenters. The van der Waals surface area contributed by atoms with E-state index in [0.717, 1.165) is 11.1 Å². The molecule has 0 radical (unpaired) electrons. The molecule has 3 rings (SSSR count). The first kappa shape index (κ1) is 17.4. The molecule has 2 unspecified atom stereocenters. The highest BCUT2D eigenvalue weighted by Crippen LogP contribution is 2.39. The van der Waals surface area contributed by atoms with Crippen LogP contribution in [0, 0.1) is 28.6 Å². The zero-order valence-electron chi connectivity index (χ0n) is 15.0. The van der Waals surface area contributed by atoms with Crippen LogP contribution in [-0.4, -0.2) is 40.8 Å². The van der Waals surface area contributed by atoms with Crippen LogP contribution in [0.15, 0.2) is 34.5 Å². The second kappa shape index (κ2) is 6.45. The average Bonchev–Trinajstić information content (AvgIpc) is 3.03. The summed E-state index contributed by atoms with van der Waals surface area (Å²) < 4.78 is 0. The van der Waals surface area contributed by atoms with Gasteiger partial charge in [-0.2, -0.15) is 15.6 Å². The molecule has 1 aliphatic rings. The van der Waals surface area contributed by atoms with Crippen molar-refractivity contribution in [2.45, 2.75) is 19.8 Å². The zero-order valence-corrected chi connectivity index (χ0v) is 15.0. The zero-order chi connectivity index (χ0) is 19.0. The highest BCUT2D eigenvalue weighted by atomic mass is 16.2. The summed E-state index contributed by atoms with van der Waals surface area (Å²) in [5, 5.41) is 26.9. The largest absolute Gasteiger partial charge is 0.343 e. The van der Waals surface area contributed by atoms with Gasteiger partial charge in [0.2, 0.25) is 0 Å². The smallest absolute Gasteiger partial charge is 0.274 e. The number of nitrogens with one attached hydrogen (secondary N) is 1. The van der Waals surface area contributed by atoms with Crippen LogP contribution in [0.2, 0.25) is 0 Å². The molecule has 2 heterocycles. The topological polar surface area (TPSA) is 109 Å². The fourth-order valence-corrected chi connectivity index (χ4v) is 3.30. The van der Waals surface area contributed by atoms with Gasteiger partial charge in [-0.1, -0.05) is 6.07 Å². The van der Waals surface area contributed by atoms with Crippen LogP contribution in [0.5, 0.6) is 0 Å². The van der Waals surface area contributed by atoms with Crippen LogP contribution in [0.25, 0.3) is 10.9 Å². The minimum absolute atomic E-state index is 0.209. The molecule has 1 amide bonds. The number of hydrogen-bond acceptors (Lipinski definition) is 5. The van der Waals surface area contributed by atoms with E-state index in [0.29, 0.717) is 28.1 Å². The summed E-state index contributed by atoms with van der Waals surface area (Å²) in [5.74, 6) is -1.14.